The van der Waals surface area contributed by atoms with Crippen LogP contribution in [0.15, 0.2) is 0 Å². The first-order valence-corrected chi connectivity index (χ1v) is 7.43. The second-order valence-electron chi connectivity index (χ2n) is 7.09. The van der Waals surface area contributed by atoms with E-state index in [-0.39, 0.29) is 22.0 Å². The van der Waals surface area contributed by atoms with Crippen molar-refractivity contribution < 1.29 is 13.9 Å². The zero-order chi connectivity index (χ0) is 13.4. The van der Waals surface area contributed by atoms with Gasteiger partial charge < -0.3 is 9.66 Å². The van der Waals surface area contributed by atoms with Crippen LogP contribution in [0, 0.1) is 22.2 Å². The van der Waals surface area contributed by atoms with Gasteiger partial charge in [0.15, 0.2) is 11.1 Å². The van der Waals surface area contributed by atoms with Gasteiger partial charge in [0.25, 0.3) is 0 Å². The summed E-state index contributed by atoms with van der Waals surface area (Å²) >= 11 is -1.87. The van der Waals surface area contributed by atoms with Crippen molar-refractivity contribution in [2.24, 2.45) is 22.2 Å². The van der Waals surface area contributed by atoms with Crippen molar-refractivity contribution in [3.63, 3.8) is 0 Å². The van der Waals surface area contributed by atoms with Gasteiger partial charge in [0, 0.05) is 5.41 Å². The van der Waals surface area contributed by atoms with Crippen molar-refractivity contribution in [3.05, 3.63) is 0 Å². The summed E-state index contributed by atoms with van der Waals surface area (Å²) in [6.45, 7) is 12.3. The minimum atomic E-state index is -1.87. The van der Waals surface area contributed by atoms with Crippen LogP contribution in [0.1, 0.15) is 48.0 Å². The van der Waals surface area contributed by atoms with Crippen LogP contribution in [0.25, 0.3) is 0 Å². The molecule has 2 bridgehead atoms. The fourth-order valence-electron chi connectivity index (χ4n) is 4.76. The Morgan fingerprint density at radius 2 is 1.65 bits per heavy atom. The van der Waals surface area contributed by atoms with Crippen molar-refractivity contribution >= 4 is 11.1 Å². The zero-order valence-corrected chi connectivity index (χ0v) is 12.4. The van der Waals surface area contributed by atoms with E-state index in [1.54, 1.807) is 0 Å². The Morgan fingerprint density at radius 1 is 1.18 bits per heavy atom. The summed E-state index contributed by atoms with van der Waals surface area (Å²) in [6.07, 6.45) is 0.719. The van der Waals surface area contributed by atoms with E-state index in [0.717, 1.165) is 6.42 Å². The molecule has 3 nitrogen and oxygen atoms in total. The highest BCUT2D eigenvalue weighted by molar-refractivity contribution is 7.80. The Hall–Kier alpha value is 0.0700. The molecular weight excluding hydrogens is 236 g/mol. The van der Waals surface area contributed by atoms with Gasteiger partial charge in [-0.05, 0) is 30.1 Å². The van der Waals surface area contributed by atoms with Crippen LogP contribution in [0.4, 0.5) is 0 Å². The van der Waals surface area contributed by atoms with Crippen LogP contribution in [0.5, 0.6) is 0 Å². The normalized spacial score (nSPS) is 58.4. The first-order chi connectivity index (χ1) is 7.44. The number of hydrogen-bond acceptors (Lipinski definition) is 2. The number of rotatable bonds is 1. The van der Waals surface area contributed by atoms with E-state index in [0.29, 0.717) is 0 Å². The van der Waals surface area contributed by atoms with Gasteiger partial charge in [-0.2, -0.15) is 0 Å². The molecule has 0 aliphatic heterocycles. The molecule has 0 heterocycles. The van der Waals surface area contributed by atoms with Gasteiger partial charge in [0.1, 0.15) is 0 Å². The maximum absolute atomic E-state index is 11.6. The molecule has 2 aliphatic rings. The third kappa shape index (κ3) is 1.09. The highest BCUT2D eigenvalue weighted by atomic mass is 32.2. The largest absolute Gasteiger partial charge is 0.389 e. The fourth-order valence-corrected chi connectivity index (χ4v) is 6.10. The lowest BCUT2D eigenvalue weighted by Gasteiger charge is -2.53. The van der Waals surface area contributed by atoms with Gasteiger partial charge in [0.05, 0.1) is 10.9 Å². The minimum absolute atomic E-state index is 0.0890. The maximum atomic E-state index is 11.6. The molecule has 4 heteroatoms. The van der Waals surface area contributed by atoms with Crippen LogP contribution < -0.4 is 0 Å². The number of fused-ring (bicyclic) bond motifs is 2. The summed E-state index contributed by atoms with van der Waals surface area (Å²) in [5.41, 5.74) is -1.75. The average molecular weight is 260 g/mol. The second kappa shape index (κ2) is 3.14. The predicted octanol–water partition coefficient (Wildman–Crippen LogP) is 2.42. The van der Waals surface area contributed by atoms with Crippen molar-refractivity contribution in [2.75, 3.05) is 0 Å². The number of hydrogen-bond donors (Lipinski definition) is 2. The van der Waals surface area contributed by atoms with Crippen LogP contribution in [0.3, 0.4) is 0 Å². The number of aliphatic hydroxyl groups is 1. The van der Waals surface area contributed by atoms with E-state index in [2.05, 4.69) is 27.7 Å². The molecule has 100 valence electrons. The van der Waals surface area contributed by atoms with E-state index in [9.17, 15) is 13.9 Å². The molecular formula is C13H24O3S. The monoisotopic (exact) mass is 260 g/mol. The molecule has 2 rings (SSSR count). The molecule has 6 atom stereocenters. The Bertz CT molecular complexity index is 383. The summed E-state index contributed by atoms with van der Waals surface area (Å²) < 4.78 is 21.1. The summed E-state index contributed by atoms with van der Waals surface area (Å²) in [5.74, 6) is 0.237. The van der Waals surface area contributed by atoms with Crippen molar-refractivity contribution in [1.82, 2.24) is 0 Å². The highest BCUT2D eigenvalue weighted by Gasteiger charge is 2.79. The first kappa shape index (κ1) is 13.5. The topological polar surface area (TPSA) is 57.5 Å². The Labute approximate surface area is 106 Å². The van der Waals surface area contributed by atoms with Gasteiger partial charge in [-0.25, -0.2) is 4.21 Å². The van der Waals surface area contributed by atoms with Crippen molar-refractivity contribution in [1.29, 1.82) is 0 Å². The summed E-state index contributed by atoms with van der Waals surface area (Å²) in [4.78, 5) is 0. The van der Waals surface area contributed by atoms with E-state index in [4.69, 9.17) is 0 Å². The average Bonchev–Trinajstić information content (AvgIpc) is 2.44. The summed E-state index contributed by atoms with van der Waals surface area (Å²) in [7, 11) is 0. The smallest absolute Gasteiger partial charge is 0.156 e. The lowest BCUT2D eigenvalue weighted by atomic mass is 9.56. The summed E-state index contributed by atoms with van der Waals surface area (Å²) in [5, 5.41) is 10.7. The van der Waals surface area contributed by atoms with Gasteiger partial charge in [-0.3, -0.25) is 0 Å². The third-order valence-electron chi connectivity index (χ3n) is 7.07. The predicted molar refractivity (Wildman–Crippen MR) is 69.0 cm³/mol. The lowest BCUT2D eigenvalue weighted by molar-refractivity contribution is -0.143. The maximum Gasteiger partial charge on any atom is 0.156 e. The molecule has 2 fully saturated rings. The van der Waals surface area contributed by atoms with Crippen LogP contribution >= 0.6 is 0 Å². The molecule has 0 aromatic carbocycles. The van der Waals surface area contributed by atoms with Crippen LogP contribution in [0.2, 0.25) is 0 Å². The second-order valence-corrected chi connectivity index (χ2v) is 8.21. The molecule has 0 spiro atoms. The first-order valence-electron chi connectivity index (χ1n) is 6.26. The molecule has 0 aromatic rings. The SMILES string of the molecule is CC1C2(C)CC(S(=O)O)C1(C)C(C)(O)C2(C)C. The fraction of sp³-hybridized carbons (Fsp3) is 1.00. The molecule has 6 unspecified atom stereocenters. The highest BCUT2D eigenvalue weighted by Crippen LogP contribution is 2.77. The molecule has 2 saturated carbocycles. The van der Waals surface area contributed by atoms with Gasteiger partial charge in [0.2, 0.25) is 0 Å². The Kier molecular flexibility index (Phi) is 2.50. The van der Waals surface area contributed by atoms with E-state index < -0.39 is 22.1 Å². The molecule has 2 N–H and O–H groups in total. The molecule has 17 heavy (non-hydrogen) atoms. The Balaban J connectivity index is 2.66. The lowest BCUT2D eigenvalue weighted by Crippen LogP contribution is -2.59. The van der Waals surface area contributed by atoms with Crippen molar-refractivity contribution in [2.45, 2.75) is 58.8 Å². The van der Waals surface area contributed by atoms with Crippen LogP contribution in [-0.2, 0) is 11.1 Å². The molecule has 2 aliphatic carbocycles. The zero-order valence-electron chi connectivity index (χ0n) is 11.6. The van der Waals surface area contributed by atoms with Gasteiger partial charge >= 0.3 is 0 Å². The molecule has 0 radical (unpaired) electrons. The van der Waals surface area contributed by atoms with Crippen molar-refractivity contribution in [3.8, 4) is 0 Å². The minimum Gasteiger partial charge on any atom is -0.389 e. The van der Waals surface area contributed by atoms with E-state index >= 15 is 0 Å². The standard InChI is InChI=1S/C13H24O3S/c1-8-11(4)7-9(17(15)16)12(8,5)13(6,14)10(11,2)3/h8-9,14H,7H2,1-6H3,(H,15,16). The van der Waals surface area contributed by atoms with Gasteiger partial charge in [-0.15, -0.1) is 0 Å². The van der Waals surface area contributed by atoms with E-state index in [1.807, 2.05) is 13.8 Å². The molecule has 0 amide bonds. The van der Waals surface area contributed by atoms with Crippen LogP contribution in [-0.4, -0.2) is 24.7 Å². The molecule has 0 aromatic heterocycles. The summed E-state index contributed by atoms with van der Waals surface area (Å²) in [6, 6.07) is 0. The Morgan fingerprint density at radius 3 is 1.94 bits per heavy atom. The molecule has 0 saturated heterocycles. The quantitative estimate of drug-likeness (QED) is 0.712. The third-order valence-corrected chi connectivity index (χ3v) is 8.21. The van der Waals surface area contributed by atoms with Gasteiger partial charge in [-0.1, -0.05) is 34.6 Å². The van der Waals surface area contributed by atoms with E-state index in [1.165, 1.54) is 0 Å².